The summed E-state index contributed by atoms with van der Waals surface area (Å²) in [5.41, 5.74) is 0.496. The van der Waals surface area contributed by atoms with Crippen molar-refractivity contribution >= 4 is 18.2 Å². The molecular weight excluding hydrogens is 386 g/mol. The molecule has 0 spiro atoms. The second-order valence-electron chi connectivity index (χ2n) is 4.16. The topological polar surface area (TPSA) is 110 Å². The van der Waals surface area contributed by atoms with E-state index in [9.17, 15) is 14.7 Å². The molecule has 9 heteroatoms. The van der Waals surface area contributed by atoms with Crippen LogP contribution in [0.4, 0.5) is 0 Å². The van der Waals surface area contributed by atoms with Crippen LogP contribution in [0.1, 0.15) is 22.8 Å². The van der Waals surface area contributed by atoms with E-state index in [4.69, 9.17) is 9.47 Å². The first kappa shape index (κ1) is 16.3. The number of hydrogen-bond donors (Lipinski definition) is 1. The Balaban J connectivity index is 2.28. The summed E-state index contributed by atoms with van der Waals surface area (Å²) in [6, 6.07) is 4.39. The normalized spacial score (nSPS) is 19.2. The summed E-state index contributed by atoms with van der Waals surface area (Å²) in [5, 5.41) is 20.2. The summed E-state index contributed by atoms with van der Waals surface area (Å²) in [6.07, 6.45) is 1.46. The van der Waals surface area contributed by atoms with Crippen LogP contribution in [0.5, 0.6) is 5.75 Å². The zero-order chi connectivity index (χ0) is 16.2. The molecule has 1 N–H and O–H groups in total. The Morgan fingerprint density at radius 2 is 2.18 bits per heavy atom. The van der Waals surface area contributed by atoms with Crippen LogP contribution in [-0.4, -0.2) is 36.5 Å². The molecule has 2 rings (SSSR count). The van der Waals surface area contributed by atoms with Gasteiger partial charge < -0.3 is 0 Å². The molecule has 0 radical (unpaired) electrons. The van der Waals surface area contributed by atoms with Crippen molar-refractivity contribution in [3.63, 3.8) is 0 Å². The van der Waals surface area contributed by atoms with E-state index in [0.29, 0.717) is 5.56 Å². The molecule has 1 aliphatic rings. The first-order chi connectivity index (χ1) is 10.5. The van der Waals surface area contributed by atoms with Crippen molar-refractivity contribution in [3.8, 4) is 5.75 Å². The summed E-state index contributed by atoms with van der Waals surface area (Å²) in [6.45, 7) is 1.50. The van der Waals surface area contributed by atoms with E-state index in [0.717, 1.165) is 0 Å². The molecule has 0 bridgehead atoms. The first-order valence-corrected chi connectivity index (χ1v) is 6.98. The van der Waals surface area contributed by atoms with Crippen LogP contribution in [0.25, 0.3) is 0 Å². The van der Waals surface area contributed by atoms with Gasteiger partial charge in [-0.1, -0.05) is 0 Å². The van der Waals surface area contributed by atoms with Crippen LogP contribution >= 0.6 is 0 Å². The van der Waals surface area contributed by atoms with Gasteiger partial charge in [-0.3, -0.25) is 0 Å². The number of nitrogens with zero attached hydrogens (tertiary/aromatic N) is 3. The van der Waals surface area contributed by atoms with Gasteiger partial charge in [-0.2, -0.15) is 0 Å². The molecule has 0 fully saturated rings. The number of carboxylic acids is 1. The van der Waals surface area contributed by atoms with Crippen LogP contribution < -0.4 is 4.74 Å². The van der Waals surface area contributed by atoms with E-state index < -0.39 is 15.7 Å². The van der Waals surface area contributed by atoms with Gasteiger partial charge in [-0.05, 0) is 0 Å². The van der Waals surface area contributed by atoms with Crippen molar-refractivity contribution in [1.82, 2.24) is 0 Å². The zero-order valence-corrected chi connectivity index (χ0v) is 12.9. The number of ether oxygens (including phenoxy) is 2. The van der Waals surface area contributed by atoms with Gasteiger partial charge in [0.1, 0.15) is 0 Å². The van der Waals surface area contributed by atoms with Gasteiger partial charge in [0.25, 0.3) is 0 Å². The minimum absolute atomic E-state index is 0.0342. The Morgan fingerprint density at radius 1 is 1.41 bits per heavy atom. The molecule has 22 heavy (non-hydrogen) atoms. The molecule has 0 saturated heterocycles. The van der Waals surface area contributed by atoms with Gasteiger partial charge in [-0.15, -0.1) is 0 Å². The summed E-state index contributed by atoms with van der Waals surface area (Å²) < 4.78 is 9.03. The van der Waals surface area contributed by atoms with Gasteiger partial charge in [0.05, 0.1) is 0 Å². The Hall–Kier alpha value is -2.03. The third-order valence-corrected chi connectivity index (χ3v) is 3.47. The van der Waals surface area contributed by atoms with E-state index >= 15 is 0 Å². The number of aromatic carboxylic acids is 1. The summed E-state index contributed by atoms with van der Waals surface area (Å²) in [7, 11) is 0. The number of carboxylic acid groups (broad SMARTS) is 1. The van der Waals surface area contributed by atoms with Crippen molar-refractivity contribution in [2.75, 3.05) is 13.2 Å². The second-order valence-corrected chi connectivity index (χ2v) is 5.29. The minimum atomic E-state index is -1.17. The van der Waals surface area contributed by atoms with Gasteiger partial charge in [0.15, 0.2) is 0 Å². The molecule has 1 aromatic rings. The van der Waals surface area contributed by atoms with Gasteiger partial charge in [0.2, 0.25) is 0 Å². The molecule has 120 valence electrons. The van der Waals surface area contributed by atoms with Crippen molar-refractivity contribution in [2.24, 2.45) is 15.4 Å². The van der Waals surface area contributed by atoms with Gasteiger partial charge in [0, 0.05) is 0 Å². The molecule has 1 heterocycles. The fraction of sp³-hybridized carbons (Fsp3) is 0.308. The Kier molecular flexibility index (Phi) is 5.07. The Morgan fingerprint density at radius 3 is 2.77 bits per heavy atom. The van der Waals surface area contributed by atoms with E-state index in [2.05, 4.69) is 36.5 Å². The molecule has 1 atom stereocenters. The van der Waals surface area contributed by atoms with Crippen molar-refractivity contribution in [3.05, 3.63) is 29.3 Å². The third kappa shape index (κ3) is 3.59. The summed E-state index contributed by atoms with van der Waals surface area (Å²) >= 11 is 3.37. The fourth-order valence-corrected chi connectivity index (χ4v) is 2.09. The van der Waals surface area contributed by atoms with Crippen molar-refractivity contribution in [1.29, 1.82) is 0 Å². The van der Waals surface area contributed by atoms with E-state index in [1.54, 1.807) is 13.0 Å². The number of carbonyl (C=O) groups is 2. The molecule has 1 unspecified atom stereocenters. The molecule has 0 saturated carbocycles. The monoisotopic (exact) mass is 397 g/mol. The van der Waals surface area contributed by atoms with Crippen LogP contribution in [0.15, 0.2) is 33.6 Å². The molecule has 0 aromatic heterocycles. The molecule has 0 aliphatic carbocycles. The van der Waals surface area contributed by atoms with E-state index in [1.165, 1.54) is 18.3 Å². The zero-order valence-electron chi connectivity index (χ0n) is 11.4. The van der Waals surface area contributed by atoms with Crippen LogP contribution in [0, 0.1) is 0 Å². The van der Waals surface area contributed by atoms with Crippen LogP contribution in [0.2, 0.25) is 0 Å². The average Bonchev–Trinajstić information content (AvgIpc) is 2.93. The Bertz CT molecular complexity index is 647. The van der Waals surface area contributed by atoms with Crippen molar-refractivity contribution in [2.45, 2.75) is 10.7 Å². The molecule has 1 aromatic carbocycles. The number of esters is 1. The number of hydrogen-bond acceptors (Lipinski definition) is 7. The Labute approximate surface area is 138 Å². The molecule has 8 nitrogen and oxygen atoms in total. The first-order valence-electron chi connectivity index (χ1n) is 6.24. The summed E-state index contributed by atoms with van der Waals surface area (Å²) in [5.74, 6) is -1.72. The maximum absolute atomic E-state index is 11.3. The molecule has 0 amide bonds. The second kappa shape index (κ2) is 6.82. The fourth-order valence-electron chi connectivity index (χ4n) is 1.71. The summed E-state index contributed by atoms with van der Waals surface area (Å²) in [4.78, 5) is 22.6. The quantitative estimate of drug-likeness (QED) is 0.577. The van der Waals surface area contributed by atoms with Crippen molar-refractivity contribution < 1.29 is 45.2 Å². The number of benzene rings is 1. The SMILES string of the molecule is CCOC(=O)COc1cc([C]2([Ag])C=NN=N2)ccc1C(=O)O. The number of carbonyl (C=O) groups excluding carboxylic acids is 1. The average molecular weight is 398 g/mol. The molecular formula is C13H12AgN3O5. The number of rotatable bonds is 6. The van der Waals surface area contributed by atoms with Gasteiger partial charge >= 0.3 is 138 Å². The predicted molar refractivity (Wildman–Crippen MR) is 70.6 cm³/mol. The van der Waals surface area contributed by atoms with Crippen LogP contribution in [0.3, 0.4) is 0 Å². The maximum atomic E-state index is 11.3. The predicted octanol–water partition coefficient (Wildman–Crippen LogP) is 1.48. The standard InChI is InChI=1S/C13H12N3O5.Ag/c1-2-20-12(17)7-21-11-5-8(10-6-14-16-15-10)3-4-9(11)13(18)19;/h3-6H,2,7H2,1H3,(H,18,19);. The molecule has 1 aliphatic heterocycles. The third-order valence-electron chi connectivity index (χ3n) is 2.70. The van der Waals surface area contributed by atoms with Crippen LogP contribution in [-0.2, 0) is 34.4 Å². The van der Waals surface area contributed by atoms with E-state index in [-0.39, 0.29) is 24.5 Å². The van der Waals surface area contributed by atoms with Gasteiger partial charge in [-0.25, -0.2) is 0 Å². The van der Waals surface area contributed by atoms with E-state index in [1.807, 2.05) is 0 Å².